The third kappa shape index (κ3) is 2.36. The van der Waals surface area contributed by atoms with Gasteiger partial charge in [-0.1, -0.05) is 35.9 Å². The Morgan fingerprint density at radius 3 is 2.83 bits per heavy atom. The first-order chi connectivity index (χ1) is 5.74. The number of benzene rings is 1. The van der Waals surface area contributed by atoms with E-state index in [1.807, 2.05) is 31.2 Å². The fourth-order valence-corrected chi connectivity index (χ4v) is 1.09. The van der Waals surface area contributed by atoms with E-state index in [-0.39, 0.29) is 6.61 Å². The van der Waals surface area contributed by atoms with E-state index < -0.39 is 0 Å². The van der Waals surface area contributed by atoms with E-state index in [1.165, 1.54) is 0 Å². The van der Waals surface area contributed by atoms with Gasteiger partial charge < -0.3 is 5.11 Å². The molecule has 0 aliphatic heterocycles. The van der Waals surface area contributed by atoms with Crippen LogP contribution < -0.4 is 0 Å². The molecule has 0 unspecified atom stereocenters. The van der Waals surface area contributed by atoms with Crippen LogP contribution in [0.5, 0.6) is 0 Å². The normalized spacial score (nSPS) is 10.9. The molecule has 64 valence electrons. The lowest BCUT2D eigenvalue weighted by atomic mass is 10.1. The highest BCUT2D eigenvalue weighted by atomic mass is 35.5. The molecule has 0 bridgehead atoms. The fraction of sp³-hybridized carbons (Fsp3) is 0.200. The molecule has 1 aromatic rings. The summed E-state index contributed by atoms with van der Waals surface area (Å²) in [5.41, 5.74) is 2.08. The molecule has 0 saturated heterocycles. The fourth-order valence-electron chi connectivity index (χ4n) is 0.902. The monoisotopic (exact) mass is 182 g/mol. The van der Waals surface area contributed by atoms with Gasteiger partial charge in [0.25, 0.3) is 0 Å². The molecule has 0 spiro atoms. The van der Waals surface area contributed by atoms with E-state index in [0.717, 1.165) is 16.1 Å². The van der Waals surface area contributed by atoms with Crippen molar-refractivity contribution in [1.29, 1.82) is 0 Å². The maximum Gasteiger partial charge on any atom is 0.0615 e. The van der Waals surface area contributed by atoms with Crippen LogP contribution in [0.25, 0.3) is 6.08 Å². The molecule has 0 aliphatic rings. The van der Waals surface area contributed by atoms with E-state index in [4.69, 9.17) is 16.7 Å². The number of aliphatic hydroxyl groups is 1. The van der Waals surface area contributed by atoms with Gasteiger partial charge >= 0.3 is 0 Å². The summed E-state index contributed by atoms with van der Waals surface area (Å²) in [4.78, 5) is 0. The van der Waals surface area contributed by atoms with E-state index in [2.05, 4.69) is 0 Å². The molecule has 0 heterocycles. The van der Waals surface area contributed by atoms with Gasteiger partial charge in [0.05, 0.1) is 6.61 Å². The van der Waals surface area contributed by atoms with E-state index in [9.17, 15) is 0 Å². The summed E-state index contributed by atoms with van der Waals surface area (Å²) in [7, 11) is 0. The Balaban J connectivity index is 2.89. The van der Waals surface area contributed by atoms with Gasteiger partial charge in [-0.15, -0.1) is 0 Å². The molecule has 0 radical (unpaired) electrons. The molecule has 0 fully saturated rings. The third-order valence-electron chi connectivity index (χ3n) is 1.61. The molecule has 1 nitrogen and oxygen atoms in total. The van der Waals surface area contributed by atoms with Gasteiger partial charge in [0, 0.05) is 5.02 Å². The van der Waals surface area contributed by atoms with E-state index >= 15 is 0 Å². The smallest absolute Gasteiger partial charge is 0.0615 e. The first-order valence-electron chi connectivity index (χ1n) is 3.77. The van der Waals surface area contributed by atoms with Gasteiger partial charge in [0.1, 0.15) is 0 Å². The maximum absolute atomic E-state index is 8.53. The van der Waals surface area contributed by atoms with Gasteiger partial charge in [0.2, 0.25) is 0 Å². The minimum Gasteiger partial charge on any atom is -0.392 e. The van der Waals surface area contributed by atoms with Gasteiger partial charge in [-0.05, 0) is 24.1 Å². The maximum atomic E-state index is 8.53. The highest BCUT2D eigenvalue weighted by molar-refractivity contribution is 6.31. The van der Waals surface area contributed by atoms with Crippen LogP contribution in [0.2, 0.25) is 5.02 Å². The van der Waals surface area contributed by atoms with Crippen molar-refractivity contribution >= 4 is 17.7 Å². The van der Waals surface area contributed by atoms with Crippen LogP contribution in [0.3, 0.4) is 0 Å². The largest absolute Gasteiger partial charge is 0.392 e. The van der Waals surface area contributed by atoms with Crippen molar-refractivity contribution in [3.63, 3.8) is 0 Å². The molecule has 0 amide bonds. The van der Waals surface area contributed by atoms with Crippen LogP contribution in [-0.4, -0.2) is 11.7 Å². The lowest BCUT2D eigenvalue weighted by Gasteiger charge is -1.98. The van der Waals surface area contributed by atoms with Crippen molar-refractivity contribution in [1.82, 2.24) is 0 Å². The molecular formula is C10H11ClO. The summed E-state index contributed by atoms with van der Waals surface area (Å²) in [6.45, 7) is 2.02. The van der Waals surface area contributed by atoms with Crippen LogP contribution in [0.4, 0.5) is 0 Å². The first-order valence-corrected chi connectivity index (χ1v) is 4.15. The van der Waals surface area contributed by atoms with Gasteiger partial charge in [-0.3, -0.25) is 0 Å². The summed E-state index contributed by atoms with van der Waals surface area (Å²) in [6, 6.07) is 5.80. The van der Waals surface area contributed by atoms with Crippen LogP contribution >= 0.6 is 11.6 Å². The molecule has 1 N–H and O–H groups in total. The lowest BCUT2D eigenvalue weighted by Crippen LogP contribution is -1.78. The van der Waals surface area contributed by atoms with Crippen molar-refractivity contribution in [3.05, 3.63) is 40.4 Å². The van der Waals surface area contributed by atoms with Gasteiger partial charge in [0.15, 0.2) is 0 Å². The second-order valence-corrected chi connectivity index (χ2v) is 3.00. The summed E-state index contributed by atoms with van der Waals surface area (Å²) >= 11 is 5.90. The predicted molar refractivity (Wildman–Crippen MR) is 52.3 cm³/mol. The van der Waals surface area contributed by atoms with Crippen molar-refractivity contribution in [3.8, 4) is 0 Å². The third-order valence-corrected chi connectivity index (χ3v) is 2.02. The van der Waals surface area contributed by atoms with Crippen molar-refractivity contribution < 1.29 is 5.11 Å². The first kappa shape index (κ1) is 9.30. The quantitative estimate of drug-likeness (QED) is 0.746. The highest BCUT2D eigenvalue weighted by Gasteiger charge is 1.93. The SMILES string of the molecule is Cc1ccc(C=CCO)cc1Cl. The minimum atomic E-state index is 0.0610. The lowest BCUT2D eigenvalue weighted by molar-refractivity contribution is 0.343. The minimum absolute atomic E-state index is 0.0610. The Morgan fingerprint density at radius 2 is 2.25 bits per heavy atom. The molecular weight excluding hydrogens is 172 g/mol. The summed E-state index contributed by atoms with van der Waals surface area (Å²) in [5, 5.41) is 9.29. The van der Waals surface area contributed by atoms with Crippen molar-refractivity contribution in [2.24, 2.45) is 0 Å². The van der Waals surface area contributed by atoms with Crippen LogP contribution in [0.15, 0.2) is 24.3 Å². The second kappa shape index (κ2) is 4.29. The Kier molecular flexibility index (Phi) is 3.32. The standard InChI is InChI=1S/C10H11ClO/c1-8-4-5-9(3-2-6-12)7-10(8)11/h2-5,7,12H,6H2,1H3. The average Bonchev–Trinajstić information content (AvgIpc) is 2.07. The molecule has 0 saturated carbocycles. The number of rotatable bonds is 2. The molecule has 1 aromatic carbocycles. The zero-order valence-corrected chi connectivity index (χ0v) is 7.67. The second-order valence-electron chi connectivity index (χ2n) is 2.59. The van der Waals surface area contributed by atoms with Crippen molar-refractivity contribution in [2.75, 3.05) is 6.61 Å². The van der Waals surface area contributed by atoms with E-state index in [1.54, 1.807) is 6.08 Å². The molecule has 0 atom stereocenters. The van der Waals surface area contributed by atoms with Crippen molar-refractivity contribution in [2.45, 2.75) is 6.92 Å². The Bertz CT molecular complexity index is 292. The summed E-state index contributed by atoms with van der Waals surface area (Å²) in [5.74, 6) is 0. The summed E-state index contributed by atoms with van der Waals surface area (Å²) in [6.07, 6.45) is 3.52. The number of halogens is 1. The van der Waals surface area contributed by atoms with Gasteiger partial charge in [-0.2, -0.15) is 0 Å². The zero-order chi connectivity index (χ0) is 8.97. The molecule has 12 heavy (non-hydrogen) atoms. The number of hydrogen-bond acceptors (Lipinski definition) is 1. The Labute approximate surface area is 77.3 Å². The Morgan fingerprint density at radius 1 is 1.50 bits per heavy atom. The molecule has 2 heteroatoms. The van der Waals surface area contributed by atoms with Crippen LogP contribution in [-0.2, 0) is 0 Å². The number of aryl methyl sites for hydroxylation is 1. The van der Waals surface area contributed by atoms with Crippen LogP contribution in [0, 0.1) is 6.92 Å². The Hall–Kier alpha value is -0.790. The van der Waals surface area contributed by atoms with E-state index in [0.29, 0.717) is 0 Å². The average molecular weight is 183 g/mol. The van der Waals surface area contributed by atoms with Crippen LogP contribution in [0.1, 0.15) is 11.1 Å². The predicted octanol–water partition coefficient (Wildman–Crippen LogP) is 2.65. The molecule has 0 aromatic heterocycles. The zero-order valence-electron chi connectivity index (χ0n) is 6.92. The number of aliphatic hydroxyl groups excluding tert-OH is 1. The summed E-state index contributed by atoms with van der Waals surface area (Å²) < 4.78 is 0. The molecule has 0 aliphatic carbocycles. The number of hydrogen-bond donors (Lipinski definition) is 1. The topological polar surface area (TPSA) is 20.2 Å². The highest BCUT2D eigenvalue weighted by Crippen LogP contribution is 2.17. The van der Waals surface area contributed by atoms with Gasteiger partial charge in [-0.25, -0.2) is 0 Å². The molecule has 1 rings (SSSR count).